The molecule has 1 aromatic rings. The van der Waals surface area contributed by atoms with Gasteiger partial charge in [0, 0.05) is 52.7 Å². The van der Waals surface area contributed by atoms with Crippen molar-refractivity contribution in [2.24, 2.45) is 29.6 Å². The Labute approximate surface area is 387 Å². The highest BCUT2D eigenvalue weighted by molar-refractivity contribution is 6.39. The molecule has 0 aromatic heterocycles. The molecule has 1 amide bonds. The first-order chi connectivity index (χ1) is 31.1. The van der Waals surface area contributed by atoms with E-state index >= 15 is 4.39 Å². The van der Waals surface area contributed by atoms with Gasteiger partial charge in [-0.3, -0.25) is 14.4 Å². The summed E-state index contributed by atoms with van der Waals surface area (Å²) >= 11 is 0. The van der Waals surface area contributed by atoms with Gasteiger partial charge in [-0.05, 0) is 125 Å². The fraction of sp³-hybridized carbons (Fsp3) is 0.731. The van der Waals surface area contributed by atoms with Crippen molar-refractivity contribution in [3.63, 3.8) is 0 Å². The summed E-state index contributed by atoms with van der Waals surface area (Å²) in [7, 11) is 4.64. The number of amides is 1. The number of cyclic esters (lactones) is 1. The van der Waals surface area contributed by atoms with E-state index in [4.69, 9.17) is 28.4 Å². The summed E-state index contributed by atoms with van der Waals surface area (Å²) in [5.41, 5.74) is 2.53. The molecule has 3 aliphatic heterocycles. The minimum atomic E-state index is -2.57. The first kappa shape index (κ1) is 52.6. The molecular formula is C52H78FNO11. The van der Waals surface area contributed by atoms with Crippen LogP contribution < -0.4 is 0 Å². The van der Waals surface area contributed by atoms with Crippen LogP contribution in [0.1, 0.15) is 124 Å². The van der Waals surface area contributed by atoms with Crippen LogP contribution in [-0.4, -0.2) is 123 Å². The third-order valence-corrected chi connectivity index (χ3v) is 14.7. The number of rotatable bonds is 11. The molecule has 1 aromatic carbocycles. The van der Waals surface area contributed by atoms with E-state index in [2.05, 4.69) is 18.2 Å². The van der Waals surface area contributed by atoms with E-state index in [0.717, 1.165) is 37.7 Å². The second-order valence-electron chi connectivity index (χ2n) is 19.4. The Kier molecular flexibility index (Phi) is 19.9. The molecule has 364 valence electrons. The van der Waals surface area contributed by atoms with Crippen molar-refractivity contribution in [1.29, 1.82) is 0 Å². The number of nitrogens with zero attached hydrogens (tertiary/aromatic N) is 1. The van der Waals surface area contributed by atoms with Crippen LogP contribution in [-0.2, 0) is 54.0 Å². The van der Waals surface area contributed by atoms with Crippen LogP contribution in [0.25, 0.3) is 0 Å². The molecule has 65 heavy (non-hydrogen) atoms. The Bertz CT molecular complexity index is 1790. The topological polar surface area (TPSA) is 147 Å². The Morgan fingerprint density at radius 2 is 1.58 bits per heavy atom. The van der Waals surface area contributed by atoms with Crippen LogP contribution in [0, 0.1) is 29.6 Å². The van der Waals surface area contributed by atoms with Crippen molar-refractivity contribution in [1.82, 2.24) is 4.90 Å². The lowest BCUT2D eigenvalue weighted by Crippen LogP contribution is -2.64. The number of allylic oxidation sites excluding steroid dienone is 3. The minimum absolute atomic E-state index is 0.0227. The molecule has 5 rings (SSSR count). The molecule has 2 saturated heterocycles. The maximum absolute atomic E-state index is 16.3. The SMILES string of the molecule is CCC1/C=C(\C)C(F)C(C)CC(OC)C2OC(O)(C(=O)C(=O)N3CCCCC3C(=O)OC(C(C)=CC3CCC(OCCCc4ccccc4)C(OC)C3)C(C)CCC1=O)C(C)CC2OC. The van der Waals surface area contributed by atoms with Crippen molar-refractivity contribution in [2.45, 2.75) is 180 Å². The molecule has 3 heterocycles. The number of halogens is 1. The molecule has 1 aliphatic carbocycles. The van der Waals surface area contributed by atoms with Gasteiger partial charge in [0.1, 0.15) is 30.2 Å². The number of ketones is 2. The minimum Gasteiger partial charge on any atom is -0.456 e. The maximum Gasteiger partial charge on any atom is 0.329 e. The number of aliphatic hydroxyl groups is 1. The van der Waals surface area contributed by atoms with Gasteiger partial charge in [0.2, 0.25) is 5.79 Å². The van der Waals surface area contributed by atoms with Crippen LogP contribution in [0.3, 0.4) is 0 Å². The fourth-order valence-electron chi connectivity index (χ4n) is 10.6. The summed E-state index contributed by atoms with van der Waals surface area (Å²) in [6.07, 6.45) is 6.07. The second-order valence-corrected chi connectivity index (χ2v) is 19.4. The number of hydrogen-bond acceptors (Lipinski definition) is 11. The number of benzene rings is 1. The predicted molar refractivity (Wildman–Crippen MR) is 245 cm³/mol. The van der Waals surface area contributed by atoms with Crippen molar-refractivity contribution >= 4 is 23.4 Å². The van der Waals surface area contributed by atoms with Gasteiger partial charge in [-0.25, -0.2) is 9.18 Å². The molecule has 0 radical (unpaired) electrons. The smallest absolute Gasteiger partial charge is 0.329 e. The van der Waals surface area contributed by atoms with Crippen LogP contribution in [0.4, 0.5) is 4.39 Å². The molecule has 1 N–H and O–H groups in total. The third-order valence-electron chi connectivity index (χ3n) is 14.7. The highest BCUT2D eigenvalue weighted by Gasteiger charge is 2.56. The van der Waals surface area contributed by atoms with Crippen LogP contribution >= 0.6 is 0 Å². The van der Waals surface area contributed by atoms with Gasteiger partial charge in [0.15, 0.2) is 0 Å². The van der Waals surface area contributed by atoms with Crippen LogP contribution in [0.2, 0.25) is 0 Å². The molecule has 0 spiro atoms. The average Bonchev–Trinajstić information content (AvgIpc) is 3.32. The van der Waals surface area contributed by atoms with Crippen LogP contribution in [0.5, 0.6) is 0 Å². The van der Waals surface area contributed by atoms with E-state index < -0.39 is 77.8 Å². The van der Waals surface area contributed by atoms with Crippen LogP contribution in [0.15, 0.2) is 53.6 Å². The first-order valence-electron chi connectivity index (χ1n) is 24.3. The summed E-state index contributed by atoms with van der Waals surface area (Å²) < 4.78 is 52.9. The molecule has 3 fully saturated rings. The van der Waals surface area contributed by atoms with E-state index in [-0.39, 0.29) is 62.1 Å². The Morgan fingerprint density at radius 3 is 2.26 bits per heavy atom. The number of fused-ring (bicyclic) bond motifs is 3. The molecule has 2 bridgehead atoms. The average molecular weight is 912 g/mol. The molecule has 4 aliphatic rings. The molecule has 1 saturated carbocycles. The number of ether oxygens (including phenoxy) is 6. The lowest BCUT2D eigenvalue weighted by molar-refractivity contribution is -0.302. The highest BCUT2D eigenvalue weighted by Crippen LogP contribution is 2.40. The van der Waals surface area contributed by atoms with E-state index in [1.54, 1.807) is 34.0 Å². The summed E-state index contributed by atoms with van der Waals surface area (Å²) in [5, 5.41) is 12.1. The van der Waals surface area contributed by atoms with Crippen molar-refractivity contribution in [2.75, 3.05) is 34.5 Å². The first-order valence-corrected chi connectivity index (χ1v) is 24.3. The largest absolute Gasteiger partial charge is 0.456 e. The Hall–Kier alpha value is -3.33. The summed E-state index contributed by atoms with van der Waals surface area (Å²) in [4.78, 5) is 58.3. The van der Waals surface area contributed by atoms with E-state index in [0.29, 0.717) is 37.9 Å². The van der Waals surface area contributed by atoms with E-state index in [9.17, 15) is 24.3 Å². The van der Waals surface area contributed by atoms with Crippen molar-refractivity contribution in [3.8, 4) is 0 Å². The fourth-order valence-corrected chi connectivity index (χ4v) is 10.6. The second kappa shape index (κ2) is 24.6. The van der Waals surface area contributed by atoms with Gasteiger partial charge >= 0.3 is 5.97 Å². The van der Waals surface area contributed by atoms with Gasteiger partial charge in [-0.1, -0.05) is 70.2 Å². The van der Waals surface area contributed by atoms with Gasteiger partial charge in [-0.2, -0.15) is 0 Å². The zero-order chi connectivity index (χ0) is 47.4. The van der Waals surface area contributed by atoms with Crippen molar-refractivity contribution in [3.05, 3.63) is 59.2 Å². The summed E-state index contributed by atoms with van der Waals surface area (Å²) in [5.74, 6) is -7.65. The number of esters is 1. The van der Waals surface area contributed by atoms with Gasteiger partial charge in [-0.15, -0.1) is 0 Å². The number of carbonyl (C=O) groups is 4. The standard InChI is InChI=1S/C52H78FNO11/c1-10-39-28-33(3)46(53)34(4)29-44(61-8)48-45(62-9)30-36(6)52(59,65-48)49(56)50(57)54-25-15-14-20-40(54)51(58)64-47(32(2)21-23-41(39)55)35(5)27-38-22-24-42(43(31-38)60-7)63-26-16-19-37-17-12-11-13-18-37/h11-13,17-18,27-28,32,34,36,38-40,42-48,59H,10,14-16,19-26,29-31H2,1-9H3/b33-28+,35-27?. The van der Waals surface area contributed by atoms with E-state index in [1.807, 2.05) is 39.0 Å². The van der Waals surface area contributed by atoms with Gasteiger partial charge in [0.05, 0.1) is 24.4 Å². The monoisotopic (exact) mass is 912 g/mol. The lowest BCUT2D eigenvalue weighted by Gasteiger charge is -2.47. The van der Waals surface area contributed by atoms with E-state index in [1.165, 1.54) is 24.7 Å². The number of carbonyl (C=O) groups excluding carboxylic acids is 4. The summed E-state index contributed by atoms with van der Waals surface area (Å²) in [6.45, 7) is 11.6. The summed E-state index contributed by atoms with van der Waals surface area (Å²) in [6, 6.07) is 9.28. The van der Waals surface area contributed by atoms with Crippen molar-refractivity contribution < 1.29 is 57.1 Å². The predicted octanol–water partition coefficient (Wildman–Crippen LogP) is 8.11. The Morgan fingerprint density at radius 1 is 0.892 bits per heavy atom. The van der Waals surface area contributed by atoms with Gasteiger partial charge < -0.3 is 38.4 Å². The molecule has 13 heteroatoms. The van der Waals surface area contributed by atoms with Gasteiger partial charge in [0.25, 0.3) is 11.7 Å². The molecule has 14 unspecified atom stereocenters. The number of aryl methyl sites for hydroxylation is 1. The Balaban J connectivity index is 1.42. The normalized spacial score (nSPS) is 37.4. The lowest BCUT2D eigenvalue weighted by atomic mass is 9.81. The quantitative estimate of drug-likeness (QED) is 0.0995. The zero-order valence-electron chi connectivity index (χ0n) is 40.5. The number of methoxy groups -OCH3 is 3. The number of alkyl halides is 1. The molecular weight excluding hydrogens is 834 g/mol. The third kappa shape index (κ3) is 13.2. The number of Topliss-reactive ketones (excluding diaryl/α,β-unsaturated/α-hetero) is 2. The maximum atomic E-state index is 16.3. The number of hydrogen-bond donors (Lipinski definition) is 1. The highest BCUT2D eigenvalue weighted by atomic mass is 19.1. The zero-order valence-corrected chi connectivity index (χ0v) is 40.5. The number of piperidine rings is 1. The molecule has 14 atom stereocenters. The molecule has 12 nitrogen and oxygen atoms in total.